The van der Waals surface area contributed by atoms with Crippen molar-refractivity contribution < 1.29 is 36.2 Å². The lowest BCUT2D eigenvalue weighted by atomic mass is 10.0. The molecule has 1 amide bonds. The molecule has 0 atom stereocenters. The highest BCUT2D eigenvalue weighted by atomic mass is 32.2. The van der Waals surface area contributed by atoms with Gasteiger partial charge in [0.1, 0.15) is 5.75 Å². The number of aliphatic hydroxyl groups excluding tert-OH is 1. The molecule has 7 nitrogen and oxygen atoms in total. The average Bonchev–Trinajstić information content (AvgIpc) is 3.09. The van der Waals surface area contributed by atoms with Gasteiger partial charge in [-0.25, -0.2) is 8.42 Å². The Kier molecular flexibility index (Phi) is 6.30. The number of hydrogen-bond acceptors (Lipinski definition) is 5. The molecule has 1 heterocycles. The molecule has 11 heteroatoms. The van der Waals surface area contributed by atoms with E-state index >= 15 is 0 Å². The Morgan fingerprint density at radius 2 is 1.77 bits per heavy atom. The number of carbonyl (C=O) groups excluding carboxylic acids is 1. The third-order valence-corrected chi connectivity index (χ3v) is 6.62. The summed E-state index contributed by atoms with van der Waals surface area (Å²) < 4.78 is 71.6. The van der Waals surface area contributed by atoms with Gasteiger partial charge >= 0.3 is 6.18 Å². The maximum atomic E-state index is 12.9. The second-order valence-corrected chi connectivity index (χ2v) is 9.40. The summed E-state index contributed by atoms with van der Waals surface area (Å²) in [5, 5.41) is 11.8. The third kappa shape index (κ3) is 5.15. The highest BCUT2D eigenvalue weighted by Crippen LogP contribution is 2.37. The van der Waals surface area contributed by atoms with Crippen LogP contribution in [0.4, 0.5) is 24.5 Å². The molecule has 0 aliphatic carbocycles. The van der Waals surface area contributed by atoms with Crippen LogP contribution in [-0.4, -0.2) is 26.2 Å². The molecular formula is C24H19F3N2O5S. The lowest BCUT2D eigenvalue weighted by Crippen LogP contribution is -2.13. The highest BCUT2D eigenvalue weighted by Gasteiger charge is 2.30. The zero-order valence-corrected chi connectivity index (χ0v) is 19.0. The van der Waals surface area contributed by atoms with E-state index in [9.17, 15) is 26.4 Å². The Balaban J connectivity index is 1.68. The van der Waals surface area contributed by atoms with Crippen molar-refractivity contribution in [3.63, 3.8) is 0 Å². The molecule has 0 aromatic heterocycles. The van der Waals surface area contributed by atoms with Crippen molar-refractivity contribution >= 4 is 39.0 Å². The molecule has 0 unspecified atom stereocenters. The van der Waals surface area contributed by atoms with Gasteiger partial charge < -0.3 is 15.2 Å². The Bertz CT molecular complexity index is 1430. The minimum atomic E-state index is -4.54. The lowest BCUT2D eigenvalue weighted by molar-refractivity contribution is -0.137. The fourth-order valence-corrected chi connectivity index (χ4v) is 4.61. The van der Waals surface area contributed by atoms with Crippen molar-refractivity contribution in [1.82, 2.24) is 0 Å². The first kappa shape index (κ1) is 24.3. The summed E-state index contributed by atoms with van der Waals surface area (Å²) in [6, 6.07) is 12.8. The Morgan fingerprint density at radius 1 is 1.06 bits per heavy atom. The van der Waals surface area contributed by atoms with Crippen molar-refractivity contribution in [2.45, 2.75) is 18.0 Å². The molecular weight excluding hydrogens is 485 g/mol. The molecule has 0 bridgehead atoms. The minimum Gasteiger partial charge on any atom is -0.467 e. The number of aryl methyl sites for hydroxylation is 1. The molecule has 0 spiro atoms. The first-order valence-electron chi connectivity index (χ1n) is 10.2. The van der Waals surface area contributed by atoms with Crippen molar-refractivity contribution in [1.29, 1.82) is 0 Å². The van der Waals surface area contributed by atoms with E-state index in [4.69, 9.17) is 9.84 Å². The first-order chi connectivity index (χ1) is 16.5. The molecule has 3 N–H and O–H groups in total. The van der Waals surface area contributed by atoms with Gasteiger partial charge in [0, 0.05) is 28.1 Å². The number of aliphatic hydroxyl groups is 1. The smallest absolute Gasteiger partial charge is 0.416 e. The zero-order valence-electron chi connectivity index (χ0n) is 18.2. The Hall–Kier alpha value is -3.83. The Labute approximate surface area is 198 Å². The number of benzene rings is 3. The van der Waals surface area contributed by atoms with E-state index in [1.807, 2.05) is 6.92 Å². The number of alkyl halides is 3. The van der Waals surface area contributed by atoms with Crippen LogP contribution in [0.25, 0.3) is 11.6 Å². The molecule has 3 aromatic carbocycles. The van der Waals surface area contributed by atoms with Gasteiger partial charge in [-0.15, -0.1) is 0 Å². The van der Waals surface area contributed by atoms with Crippen molar-refractivity contribution in [2.75, 3.05) is 16.8 Å². The predicted molar refractivity (Wildman–Crippen MR) is 124 cm³/mol. The van der Waals surface area contributed by atoms with Crippen LogP contribution in [0, 0.1) is 6.92 Å². The maximum Gasteiger partial charge on any atom is 0.416 e. The molecule has 1 aliphatic heterocycles. The normalized spacial score (nSPS) is 14.5. The molecule has 1 aliphatic rings. The van der Waals surface area contributed by atoms with Crippen LogP contribution in [0.3, 0.4) is 0 Å². The number of rotatable bonds is 6. The van der Waals surface area contributed by atoms with Crippen LogP contribution in [0.15, 0.2) is 65.6 Å². The zero-order chi connectivity index (χ0) is 25.4. The van der Waals surface area contributed by atoms with E-state index in [1.54, 1.807) is 18.2 Å². The van der Waals surface area contributed by atoms with Crippen molar-refractivity contribution in [2.24, 2.45) is 0 Å². The molecule has 0 saturated carbocycles. The van der Waals surface area contributed by atoms with Crippen LogP contribution in [-0.2, 0) is 21.0 Å². The molecule has 0 saturated heterocycles. The number of nitrogens with one attached hydrogen (secondary N) is 2. The van der Waals surface area contributed by atoms with Crippen LogP contribution >= 0.6 is 0 Å². The van der Waals surface area contributed by atoms with Gasteiger partial charge in [0.15, 0.2) is 6.79 Å². The summed E-state index contributed by atoms with van der Waals surface area (Å²) in [5.74, 6) is -0.116. The van der Waals surface area contributed by atoms with Crippen molar-refractivity contribution in [3.8, 4) is 5.75 Å². The van der Waals surface area contributed by atoms with E-state index in [-0.39, 0.29) is 16.2 Å². The summed E-state index contributed by atoms with van der Waals surface area (Å²) in [6.45, 7) is 1.26. The summed E-state index contributed by atoms with van der Waals surface area (Å²) in [4.78, 5) is 12.4. The van der Waals surface area contributed by atoms with Crippen LogP contribution in [0.2, 0.25) is 0 Å². The van der Waals surface area contributed by atoms with Crippen LogP contribution in [0.5, 0.6) is 5.75 Å². The number of anilines is 2. The highest BCUT2D eigenvalue weighted by molar-refractivity contribution is 7.92. The molecule has 4 rings (SSSR count). The van der Waals surface area contributed by atoms with E-state index in [2.05, 4.69) is 10.0 Å². The fraction of sp³-hybridized carbons (Fsp3) is 0.125. The molecule has 3 aromatic rings. The lowest BCUT2D eigenvalue weighted by Gasteiger charge is -2.11. The van der Waals surface area contributed by atoms with Gasteiger partial charge in [-0.2, -0.15) is 13.2 Å². The first-order valence-corrected chi connectivity index (χ1v) is 11.7. The standard InChI is InChI=1S/C24H19F3N2O5S/c1-14-2-3-15(22(10-14)34-13-30)11-20-19-12-18(8-9-21(19)28-23(20)31)35(32,33)29-17-6-4-16(5-7-17)24(25,26)27/h2-12,29-30H,13H2,1H3,(H,28,31). The van der Waals surface area contributed by atoms with Gasteiger partial charge in [0.2, 0.25) is 0 Å². The van der Waals surface area contributed by atoms with E-state index in [0.29, 0.717) is 22.6 Å². The van der Waals surface area contributed by atoms with Gasteiger partial charge in [-0.1, -0.05) is 12.1 Å². The number of amides is 1. The van der Waals surface area contributed by atoms with E-state index in [1.165, 1.54) is 24.3 Å². The Morgan fingerprint density at radius 3 is 2.43 bits per heavy atom. The van der Waals surface area contributed by atoms with Gasteiger partial charge in [0.25, 0.3) is 15.9 Å². The number of fused-ring (bicyclic) bond motifs is 1. The van der Waals surface area contributed by atoms with Crippen LogP contribution in [0.1, 0.15) is 22.3 Å². The molecule has 0 radical (unpaired) electrons. The number of sulfonamides is 1. The minimum absolute atomic E-state index is 0.0473. The number of hydrogen-bond donors (Lipinski definition) is 3. The molecule has 35 heavy (non-hydrogen) atoms. The largest absolute Gasteiger partial charge is 0.467 e. The SMILES string of the molecule is Cc1ccc(C=C2C(=O)Nc3ccc(S(=O)(=O)Nc4ccc(C(F)(F)F)cc4)cc32)c(OCO)c1. The van der Waals surface area contributed by atoms with Gasteiger partial charge in [0.05, 0.1) is 10.5 Å². The van der Waals surface area contributed by atoms with E-state index < -0.39 is 34.5 Å². The monoisotopic (exact) mass is 504 g/mol. The maximum absolute atomic E-state index is 12.9. The van der Waals surface area contributed by atoms with E-state index in [0.717, 1.165) is 29.8 Å². The third-order valence-electron chi connectivity index (χ3n) is 5.24. The number of carbonyl (C=O) groups is 1. The summed E-state index contributed by atoms with van der Waals surface area (Å²) in [6.07, 6.45) is -3.02. The fourth-order valence-electron chi connectivity index (χ4n) is 3.53. The molecule has 0 fully saturated rings. The summed E-state index contributed by atoms with van der Waals surface area (Å²) in [5.41, 5.74) is 1.31. The summed E-state index contributed by atoms with van der Waals surface area (Å²) in [7, 11) is -4.17. The van der Waals surface area contributed by atoms with Gasteiger partial charge in [-0.05, 0) is 67.1 Å². The topological polar surface area (TPSA) is 105 Å². The molecule has 182 valence electrons. The van der Waals surface area contributed by atoms with Crippen molar-refractivity contribution in [3.05, 3.63) is 82.9 Å². The number of halogens is 3. The second-order valence-electron chi connectivity index (χ2n) is 7.71. The quantitative estimate of drug-likeness (QED) is 0.335. The second kappa shape index (κ2) is 9.08. The average molecular weight is 504 g/mol. The van der Waals surface area contributed by atoms with Gasteiger partial charge in [-0.3, -0.25) is 9.52 Å². The summed E-state index contributed by atoms with van der Waals surface area (Å²) >= 11 is 0. The number of ether oxygens (including phenoxy) is 1. The van der Waals surface area contributed by atoms with Crippen LogP contribution < -0.4 is 14.8 Å². The predicted octanol–water partition coefficient (Wildman–Crippen LogP) is 4.64.